The highest BCUT2D eigenvalue weighted by Crippen LogP contribution is 2.38. The number of benzene rings is 5. The van der Waals surface area contributed by atoms with Crippen molar-refractivity contribution >= 4 is 138 Å². The van der Waals surface area contributed by atoms with Gasteiger partial charge in [0.25, 0.3) is 0 Å². The van der Waals surface area contributed by atoms with E-state index in [0.29, 0.717) is 31.6 Å². The number of alkyl halides is 3. The van der Waals surface area contributed by atoms with E-state index in [1.165, 1.54) is 49.2 Å². The minimum atomic E-state index is -4.53. The summed E-state index contributed by atoms with van der Waals surface area (Å²) in [5, 5.41) is 47.8. The monoisotopic (exact) mass is 964 g/mol. The number of hydrogen-bond acceptors (Lipinski definition) is 6. The van der Waals surface area contributed by atoms with Crippen molar-refractivity contribution < 1.29 is 28.5 Å². The summed E-state index contributed by atoms with van der Waals surface area (Å²) in [5.74, 6) is -0.389. The Morgan fingerprint density at radius 3 is 1.58 bits per heavy atom. The number of aromatic hydroxyl groups is 3. The van der Waals surface area contributed by atoms with Crippen LogP contribution in [0.1, 0.15) is 31.7 Å². The lowest BCUT2D eigenvalue weighted by molar-refractivity contribution is -0.136. The van der Waals surface area contributed by atoms with Crippen LogP contribution in [0.2, 0.25) is 25.1 Å². The fraction of sp³-hybridized carbons (Fsp3) is 0.154. The molecule has 0 fully saturated rings. The molecule has 5 aromatic carbocycles. The Morgan fingerprint density at radius 1 is 0.542 bits per heavy atom. The molecule has 0 saturated heterocycles. The van der Waals surface area contributed by atoms with Gasteiger partial charge in [-0.2, -0.15) is 13.2 Å². The highest BCUT2D eigenvalue weighted by Gasteiger charge is 2.33. The molecule has 0 heterocycles. The maximum Gasteiger partial charge on any atom is 0.418 e. The van der Waals surface area contributed by atoms with Gasteiger partial charge in [0.15, 0.2) is 32.6 Å². The van der Waals surface area contributed by atoms with Crippen molar-refractivity contribution in [3.8, 4) is 17.2 Å². The van der Waals surface area contributed by atoms with Crippen LogP contribution in [-0.2, 0) is 6.18 Å². The molecule has 5 rings (SSSR count). The maximum atomic E-state index is 12.9. The van der Waals surface area contributed by atoms with Crippen molar-refractivity contribution in [3.63, 3.8) is 0 Å². The molecule has 0 aliphatic heterocycles. The molecule has 0 aliphatic carbocycles. The van der Waals surface area contributed by atoms with Crippen molar-refractivity contribution in [2.24, 2.45) is 0 Å². The Hall–Kier alpha value is -4.19. The number of rotatable bonds is 9. The van der Waals surface area contributed by atoms with Crippen molar-refractivity contribution in [2.45, 2.75) is 32.4 Å². The van der Waals surface area contributed by atoms with E-state index >= 15 is 0 Å². The predicted octanol–water partition coefficient (Wildman–Crippen LogP) is 13.6. The third-order valence-corrected chi connectivity index (χ3v) is 9.34. The zero-order valence-electron chi connectivity index (χ0n) is 30.7. The third kappa shape index (κ3) is 16.8. The van der Waals surface area contributed by atoms with Crippen LogP contribution in [-0.4, -0.2) is 37.2 Å². The lowest BCUT2D eigenvalue weighted by Crippen LogP contribution is -2.29. The number of phenolic OH excluding ortho intramolecular Hbond substituents is 3. The van der Waals surface area contributed by atoms with Gasteiger partial charge in [-0.15, -0.1) is 0 Å². The second kappa shape index (κ2) is 24.2. The largest absolute Gasteiger partial charge is 0.504 e. The standard InChI is InChI=1S/C14H9Cl2F3N2OS.C13H10Cl2N2OS.C12H17ClN2OS/c15-7-5-9(16)12(22)11(6-7)21-13(23)20-10-4-2-1-3-8(10)14(17,18)19;14-8-6-10(15)12(18)11(7-8)17-13(19)16-9-4-2-1-3-5-9;1-2-3-4-8-14-12(17)15-10-7-5-6-9(13)11(10)16/h1-6,22H,(H2,20,21,23);1-7,18H,(H2,16,17,19);5-7,16H,2-4,8H2,1H3,(H2,14,15,17). The average molecular weight is 967 g/mol. The average Bonchev–Trinajstić information content (AvgIpc) is 3.17. The molecule has 5 aromatic rings. The summed E-state index contributed by atoms with van der Waals surface area (Å²) in [6.45, 7) is 2.99. The smallest absolute Gasteiger partial charge is 0.418 e. The summed E-state index contributed by atoms with van der Waals surface area (Å²) in [4.78, 5) is 0. The van der Waals surface area contributed by atoms with Crippen molar-refractivity contribution in [1.82, 2.24) is 5.32 Å². The van der Waals surface area contributed by atoms with Gasteiger partial charge in [-0.1, -0.05) is 114 Å². The maximum absolute atomic E-state index is 12.9. The van der Waals surface area contributed by atoms with Crippen LogP contribution in [0, 0.1) is 0 Å². The molecule has 0 atom stereocenters. The van der Waals surface area contributed by atoms with Crippen LogP contribution >= 0.6 is 94.7 Å². The SMILES string of the molecule is CCCCCNC(=S)Nc1cccc(Cl)c1O.Oc1c(Cl)cc(Cl)cc1NC(=S)Nc1ccccc1.Oc1c(Cl)cc(Cl)cc1NC(=S)Nc1ccccc1C(F)(F)F. The van der Waals surface area contributed by atoms with Gasteiger partial charge in [0.05, 0.1) is 43.4 Å². The Labute approximate surface area is 380 Å². The summed E-state index contributed by atoms with van der Waals surface area (Å²) >= 11 is 44.3. The zero-order valence-corrected chi connectivity index (χ0v) is 36.9. The van der Waals surface area contributed by atoms with Gasteiger partial charge < -0.3 is 47.2 Å². The van der Waals surface area contributed by atoms with Crippen LogP contribution in [0.4, 0.5) is 41.6 Å². The van der Waals surface area contributed by atoms with Crippen molar-refractivity contribution in [2.75, 3.05) is 33.1 Å². The third-order valence-electron chi connectivity index (χ3n) is 7.37. The Balaban J connectivity index is 0.000000240. The molecule has 0 aliphatic rings. The second-order valence-corrected chi connectivity index (χ2v) is 15.2. The number of anilines is 5. The number of phenols is 3. The number of hydrogen-bond donors (Lipinski definition) is 9. The van der Waals surface area contributed by atoms with Crippen molar-refractivity contribution in [1.29, 1.82) is 0 Å². The van der Waals surface area contributed by atoms with Crippen LogP contribution in [0.25, 0.3) is 0 Å². The molecular weight excluding hydrogens is 931 g/mol. The molecule has 0 amide bonds. The summed E-state index contributed by atoms with van der Waals surface area (Å²) in [6.07, 6.45) is -1.09. The van der Waals surface area contributed by atoms with E-state index in [1.54, 1.807) is 24.3 Å². The van der Waals surface area contributed by atoms with E-state index in [-0.39, 0.29) is 48.8 Å². The Kier molecular flexibility index (Phi) is 20.1. The highest BCUT2D eigenvalue weighted by atomic mass is 35.5. The number of unbranched alkanes of at least 4 members (excludes halogenated alkanes) is 2. The first kappa shape index (κ1) is 49.2. The van der Waals surface area contributed by atoms with E-state index in [1.807, 2.05) is 30.3 Å². The van der Waals surface area contributed by atoms with Gasteiger partial charge in [-0.25, -0.2) is 0 Å². The first-order valence-corrected chi connectivity index (χ1v) is 20.3. The molecule has 20 heteroatoms. The number of thiocarbonyl (C=S) groups is 3. The van der Waals surface area contributed by atoms with Gasteiger partial charge in [0, 0.05) is 22.3 Å². The first-order chi connectivity index (χ1) is 27.9. The number of nitrogens with one attached hydrogen (secondary N) is 6. The number of halogens is 8. The molecule has 9 N–H and O–H groups in total. The molecule has 9 nitrogen and oxygen atoms in total. The lowest BCUT2D eigenvalue weighted by atomic mass is 10.1. The van der Waals surface area contributed by atoms with E-state index in [9.17, 15) is 28.5 Å². The fourth-order valence-corrected chi connectivity index (χ4v) is 6.42. The summed E-state index contributed by atoms with van der Waals surface area (Å²) < 4.78 is 38.8. The number of para-hydroxylation sites is 3. The quantitative estimate of drug-likeness (QED) is 0.0396. The molecule has 0 saturated carbocycles. The van der Waals surface area contributed by atoms with Gasteiger partial charge in [0.1, 0.15) is 0 Å². The van der Waals surface area contributed by atoms with Crippen LogP contribution in [0.3, 0.4) is 0 Å². The Bertz CT molecular complexity index is 2230. The molecule has 314 valence electrons. The fourth-order valence-electron chi connectivity index (χ4n) is 4.60. The van der Waals surface area contributed by atoms with Crippen molar-refractivity contribution in [3.05, 3.63) is 128 Å². The predicted molar refractivity (Wildman–Crippen MR) is 251 cm³/mol. The van der Waals surface area contributed by atoms with E-state index < -0.39 is 11.7 Å². The minimum Gasteiger partial charge on any atom is -0.504 e. The van der Waals surface area contributed by atoms with E-state index in [4.69, 9.17) is 94.7 Å². The molecule has 0 radical (unpaired) electrons. The summed E-state index contributed by atoms with van der Waals surface area (Å²) in [7, 11) is 0. The molecule has 0 bridgehead atoms. The van der Waals surface area contributed by atoms with E-state index in [2.05, 4.69) is 38.8 Å². The molecular formula is C39H36Cl5F3N6O3S3. The minimum absolute atomic E-state index is 0.0153. The van der Waals surface area contributed by atoms with Crippen LogP contribution in [0.5, 0.6) is 17.2 Å². The Morgan fingerprint density at radius 2 is 1.02 bits per heavy atom. The zero-order chi connectivity index (χ0) is 43.7. The lowest BCUT2D eigenvalue weighted by Gasteiger charge is -2.16. The van der Waals surface area contributed by atoms with Crippen LogP contribution < -0.4 is 31.9 Å². The van der Waals surface area contributed by atoms with Gasteiger partial charge >= 0.3 is 6.18 Å². The molecule has 59 heavy (non-hydrogen) atoms. The molecule has 0 unspecified atom stereocenters. The molecule has 0 aromatic heterocycles. The summed E-state index contributed by atoms with van der Waals surface area (Å²) in [6, 6.07) is 25.1. The molecule has 0 spiro atoms. The van der Waals surface area contributed by atoms with Gasteiger partial charge in [-0.05, 0) is 104 Å². The summed E-state index contributed by atoms with van der Waals surface area (Å²) in [5.41, 5.74) is 0.705. The first-order valence-electron chi connectivity index (χ1n) is 17.1. The van der Waals surface area contributed by atoms with Crippen LogP contribution in [0.15, 0.2) is 97.1 Å². The van der Waals surface area contributed by atoms with E-state index in [0.717, 1.165) is 24.7 Å². The normalized spacial score (nSPS) is 10.5. The second-order valence-electron chi connectivity index (χ2n) is 11.9. The topological polar surface area (TPSA) is 133 Å². The highest BCUT2D eigenvalue weighted by molar-refractivity contribution is 7.81. The van der Waals surface area contributed by atoms with Gasteiger partial charge in [0.2, 0.25) is 0 Å². The van der Waals surface area contributed by atoms with Gasteiger partial charge in [-0.3, -0.25) is 0 Å².